The van der Waals surface area contributed by atoms with Gasteiger partial charge in [-0.2, -0.15) is 0 Å². The number of carboxylic acid groups (broad SMARTS) is 1. The van der Waals surface area contributed by atoms with E-state index in [4.69, 9.17) is 0 Å². The fourth-order valence-corrected chi connectivity index (χ4v) is 1.67. The molecule has 0 heterocycles. The number of anilines is 1. The Morgan fingerprint density at radius 2 is 1.79 bits per heavy atom. The number of nitrogens with zero attached hydrogens (tertiary/aromatic N) is 2. The molecule has 6 heteroatoms. The summed E-state index contributed by atoms with van der Waals surface area (Å²) in [6, 6.07) is 5.52. The summed E-state index contributed by atoms with van der Waals surface area (Å²) in [5, 5.41) is 20.0. The monoisotopic (exact) mass is 266 g/mol. The SMILES string of the molecule is CC(C)C(C)(C)N(C(=O)O)c1ccc([N+](=O)[O-])cc1. The van der Waals surface area contributed by atoms with Gasteiger partial charge in [0.05, 0.1) is 4.92 Å². The zero-order valence-corrected chi connectivity index (χ0v) is 11.5. The summed E-state index contributed by atoms with van der Waals surface area (Å²) >= 11 is 0. The number of benzene rings is 1. The number of amides is 1. The number of rotatable bonds is 4. The first-order valence-electron chi connectivity index (χ1n) is 5.95. The second-order valence-corrected chi connectivity index (χ2v) is 5.20. The number of hydrogen-bond acceptors (Lipinski definition) is 3. The maximum absolute atomic E-state index is 11.5. The van der Waals surface area contributed by atoms with Crippen LogP contribution in [0.15, 0.2) is 24.3 Å². The minimum atomic E-state index is -1.08. The molecule has 0 atom stereocenters. The van der Waals surface area contributed by atoms with E-state index >= 15 is 0 Å². The Labute approximate surface area is 111 Å². The Balaban J connectivity index is 3.21. The molecule has 104 valence electrons. The molecule has 0 spiro atoms. The molecule has 0 aliphatic carbocycles. The first-order valence-corrected chi connectivity index (χ1v) is 5.95. The molecule has 1 aromatic rings. The van der Waals surface area contributed by atoms with Gasteiger partial charge in [-0.25, -0.2) is 4.79 Å². The van der Waals surface area contributed by atoms with E-state index in [9.17, 15) is 20.0 Å². The summed E-state index contributed by atoms with van der Waals surface area (Å²) in [4.78, 5) is 22.8. The van der Waals surface area contributed by atoms with Gasteiger partial charge in [0.25, 0.3) is 5.69 Å². The summed E-state index contributed by atoms with van der Waals surface area (Å²) < 4.78 is 0. The molecule has 0 saturated carbocycles. The number of nitro groups is 1. The van der Waals surface area contributed by atoms with E-state index in [-0.39, 0.29) is 11.6 Å². The van der Waals surface area contributed by atoms with Crippen molar-refractivity contribution in [2.45, 2.75) is 33.2 Å². The lowest BCUT2D eigenvalue weighted by atomic mass is 9.88. The average Bonchev–Trinajstić information content (AvgIpc) is 2.28. The third kappa shape index (κ3) is 3.01. The Morgan fingerprint density at radius 3 is 2.11 bits per heavy atom. The van der Waals surface area contributed by atoms with Gasteiger partial charge in [0, 0.05) is 23.4 Å². The average molecular weight is 266 g/mol. The number of non-ortho nitro benzene ring substituents is 1. The van der Waals surface area contributed by atoms with E-state index in [1.54, 1.807) is 0 Å². The lowest BCUT2D eigenvalue weighted by Gasteiger charge is -2.39. The van der Waals surface area contributed by atoms with Crippen LogP contribution in [-0.2, 0) is 0 Å². The summed E-state index contributed by atoms with van der Waals surface area (Å²) in [5.74, 6) is 0.0961. The third-order valence-electron chi connectivity index (χ3n) is 3.50. The van der Waals surface area contributed by atoms with Crippen LogP contribution in [0.4, 0.5) is 16.2 Å². The molecule has 19 heavy (non-hydrogen) atoms. The molecule has 0 aromatic heterocycles. The summed E-state index contributed by atoms with van der Waals surface area (Å²) in [5.41, 5.74) is -0.240. The van der Waals surface area contributed by atoms with Gasteiger partial charge < -0.3 is 5.11 Å². The van der Waals surface area contributed by atoms with Crippen molar-refractivity contribution in [3.05, 3.63) is 34.4 Å². The van der Waals surface area contributed by atoms with Crippen LogP contribution in [-0.4, -0.2) is 21.7 Å². The fraction of sp³-hybridized carbons (Fsp3) is 0.462. The van der Waals surface area contributed by atoms with Crippen LogP contribution < -0.4 is 4.90 Å². The van der Waals surface area contributed by atoms with E-state index < -0.39 is 16.6 Å². The van der Waals surface area contributed by atoms with Gasteiger partial charge in [0.2, 0.25) is 0 Å². The zero-order valence-electron chi connectivity index (χ0n) is 11.5. The largest absolute Gasteiger partial charge is 0.465 e. The van der Waals surface area contributed by atoms with E-state index in [1.165, 1.54) is 29.2 Å². The lowest BCUT2D eigenvalue weighted by molar-refractivity contribution is -0.384. The van der Waals surface area contributed by atoms with Crippen LogP contribution in [0.25, 0.3) is 0 Å². The second-order valence-electron chi connectivity index (χ2n) is 5.20. The molecule has 1 N–H and O–H groups in total. The van der Waals surface area contributed by atoms with Crippen LogP contribution in [0, 0.1) is 16.0 Å². The van der Waals surface area contributed by atoms with Crippen molar-refractivity contribution in [2.24, 2.45) is 5.92 Å². The van der Waals surface area contributed by atoms with E-state index in [0.29, 0.717) is 5.69 Å². The maximum atomic E-state index is 11.5. The van der Waals surface area contributed by atoms with Gasteiger partial charge in [-0.05, 0) is 31.9 Å². The van der Waals surface area contributed by atoms with Crippen molar-refractivity contribution in [3.8, 4) is 0 Å². The second kappa shape index (κ2) is 5.26. The maximum Gasteiger partial charge on any atom is 0.412 e. The van der Waals surface area contributed by atoms with Crippen LogP contribution in [0.1, 0.15) is 27.7 Å². The molecule has 1 aromatic carbocycles. The van der Waals surface area contributed by atoms with Crippen molar-refractivity contribution in [3.63, 3.8) is 0 Å². The van der Waals surface area contributed by atoms with Crippen molar-refractivity contribution in [2.75, 3.05) is 4.90 Å². The number of nitro benzene ring substituents is 1. The molecule has 0 fully saturated rings. The van der Waals surface area contributed by atoms with Crippen molar-refractivity contribution in [1.82, 2.24) is 0 Å². The third-order valence-corrected chi connectivity index (χ3v) is 3.50. The van der Waals surface area contributed by atoms with E-state index in [2.05, 4.69) is 0 Å². The quantitative estimate of drug-likeness (QED) is 0.667. The fourth-order valence-electron chi connectivity index (χ4n) is 1.67. The van der Waals surface area contributed by atoms with Crippen LogP contribution in [0.5, 0.6) is 0 Å². The first-order chi connectivity index (χ1) is 8.67. The molecule has 0 aliphatic heterocycles. The van der Waals surface area contributed by atoms with Gasteiger partial charge in [0.1, 0.15) is 0 Å². The summed E-state index contributed by atoms with van der Waals surface area (Å²) in [7, 11) is 0. The molecule has 6 nitrogen and oxygen atoms in total. The predicted octanol–water partition coefficient (Wildman–Crippen LogP) is 3.51. The Bertz CT molecular complexity index is 480. The lowest BCUT2D eigenvalue weighted by Crippen LogP contribution is -2.51. The Morgan fingerprint density at radius 1 is 1.32 bits per heavy atom. The van der Waals surface area contributed by atoms with Gasteiger partial charge in [0.15, 0.2) is 0 Å². The molecule has 0 aliphatic rings. The Hall–Kier alpha value is -2.11. The predicted molar refractivity (Wildman–Crippen MR) is 72.5 cm³/mol. The molecule has 1 rings (SSSR count). The zero-order chi connectivity index (χ0) is 14.8. The van der Waals surface area contributed by atoms with Gasteiger partial charge in [-0.3, -0.25) is 15.0 Å². The van der Waals surface area contributed by atoms with E-state index in [1.807, 2.05) is 27.7 Å². The highest BCUT2D eigenvalue weighted by atomic mass is 16.6. The van der Waals surface area contributed by atoms with Crippen LogP contribution in [0.2, 0.25) is 0 Å². The van der Waals surface area contributed by atoms with Crippen LogP contribution >= 0.6 is 0 Å². The van der Waals surface area contributed by atoms with Crippen molar-refractivity contribution >= 4 is 17.5 Å². The molecule has 1 amide bonds. The summed E-state index contributed by atoms with van der Waals surface area (Å²) in [6.07, 6.45) is -1.08. The van der Waals surface area contributed by atoms with Crippen LogP contribution in [0.3, 0.4) is 0 Å². The highest BCUT2D eigenvalue weighted by molar-refractivity contribution is 5.87. The van der Waals surface area contributed by atoms with Gasteiger partial charge in [-0.15, -0.1) is 0 Å². The minimum absolute atomic E-state index is 0.0589. The highest BCUT2D eigenvalue weighted by Crippen LogP contribution is 2.31. The topological polar surface area (TPSA) is 83.7 Å². The minimum Gasteiger partial charge on any atom is -0.465 e. The summed E-state index contributed by atoms with van der Waals surface area (Å²) in [6.45, 7) is 7.52. The standard InChI is InChI=1S/C13H18N2O4/c1-9(2)13(3,4)14(12(16)17)10-5-7-11(8-6-10)15(18)19/h5-9H,1-4H3,(H,16,17). The van der Waals surface area contributed by atoms with Gasteiger partial charge in [-0.1, -0.05) is 13.8 Å². The van der Waals surface area contributed by atoms with E-state index in [0.717, 1.165) is 0 Å². The molecule has 0 bridgehead atoms. The number of hydrogen-bond donors (Lipinski definition) is 1. The molecule has 0 unspecified atom stereocenters. The molecule has 0 saturated heterocycles. The molecular weight excluding hydrogens is 248 g/mol. The van der Waals surface area contributed by atoms with Gasteiger partial charge >= 0.3 is 6.09 Å². The Kier molecular flexibility index (Phi) is 4.14. The first kappa shape index (κ1) is 14.9. The molecular formula is C13H18N2O4. The smallest absolute Gasteiger partial charge is 0.412 e. The normalized spacial score (nSPS) is 11.4. The van der Waals surface area contributed by atoms with Crippen molar-refractivity contribution < 1.29 is 14.8 Å². The van der Waals surface area contributed by atoms with Crippen molar-refractivity contribution in [1.29, 1.82) is 0 Å². The highest BCUT2D eigenvalue weighted by Gasteiger charge is 2.35. The number of carbonyl (C=O) groups is 1. The molecule has 0 radical (unpaired) electrons.